The van der Waals surface area contributed by atoms with Crippen LogP contribution in [-0.4, -0.2) is 31.3 Å². The van der Waals surface area contributed by atoms with Crippen LogP contribution in [0.3, 0.4) is 0 Å². The van der Waals surface area contributed by atoms with Crippen LogP contribution in [0.4, 0.5) is 0 Å². The highest BCUT2D eigenvalue weighted by Crippen LogP contribution is 2.23. The van der Waals surface area contributed by atoms with Gasteiger partial charge in [0.15, 0.2) is 0 Å². The van der Waals surface area contributed by atoms with Crippen LogP contribution in [0, 0.1) is 6.92 Å². The highest BCUT2D eigenvalue weighted by atomic mass is 35.5. The molecular weight excluding hydrogens is 366 g/mol. The Bertz CT molecular complexity index is 1010. The molecule has 0 saturated heterocycles. The number of pyridine rings is 1. The summed E-state index contributed by atoms with van der Waals surface area (Å²) in [7, 11) is 3.04. The van der Waals surface area contributed by atoms with Gasteiger partial charge in [-0.2, -0.15) is 5.10 Å². The molecule has 0 atom stereocenters. The van der Waals surface area contributed by atoms with Crippen molar-refractivity contribution in [2.75, 3.05) is 14.2 Å². The Morgan fingerprint density at radius 2 is 1.85 bits per heavy atom. The molecule has 6 nitrogen and oxygen atoms in total. The van der Waals surface area contributed by atoms with Gasteiger partial charge in [-0.3, -0.25) is 4.79 Å². The summed E-state index contributed by atoms with van der Waals surface area (Å²) in [5.41, 5.74) is 5.32. The number of hydrazone groups is 1. The van der Waals surface area contributed by atoms with Gasteiger partial charge < -0.3 is 9.47 Å². The molecule has 3 rings (SSSR count). The largest absolute Gasteiger partial charge is 0.497 e. The number of methoxy groups -OCH3 is 2. The van der Waals surface area contributed by atoms with Gasteiger partial charge in [-0.15, -0.1) is 0 Å². The molecule has 2 aromatic carbocycles. The lowest BCUT2D eigenvalue weighted by atomic mass is 10.1. The number of halogens is 1. The Kier molecular flexibility index (Phi) is 5.57. The van der Waals surface area contributed by atoms with Crippen LogP contribution in [0.1, 0.15) is 21.5 Å². The van der Waals surface area contributed by atoms with Gasteiger partial charge in [0.2, 0.25) is 0 Å². The van der Waals surface area contributed by atoms with E-state index in [1.54, 1.807) is 18.2 Å². The average molecular weight is 384 g/mol. The van der Waals surface area contributed by atoms with Crippen LogP contribution in [0.5, 0.6) is 11.5 Å². The van der Waals surface area contributed by atoms with Crippen LogP contribution in [0.25, 0.3) is 10.9 Å². The quantitative estimate of drug-likeness (QED) is 0.411. The molecule has 7 heteroatoms. The molecule has 0 spiro atoms. The summed E-state index contributed by atoms with van der Waals surface area (Å²) < 4.78 is 10.3. The van der Waals surface area contributed by atoms with Gasteiger partial charge in [0.05, 0.1) is 26.0 Å². The summed E-state index contributed by atoms with van der Waals surface area (Å²) in [6, 6.07) is 12.6. The Balaban J connectivity index is 1.80. The number of aryl methyl sites for hydroxylation is 1. The maximum absolute atomic E-state index is 12.3. The lowest BCUT2D eigenvalue weighted by molar-refractivity contribution is 0.0954. The molecule has 0 bridgehead atoms. The lowest BCUT2D eigenvalue weighted by Gasteiger charge is -2.07. The fourth-order valence-corrected chi connectivity index (χ4v) is 2.78. The van der Waals surface area contributed by atoms with Gasteiger partial charge in [0.1, 0.15) is 16.7 Å². The molecule has 0 saturated carbocycles. The van der Waals surface area contributed by atoms with E-state index in [4.69, 9.17) is 21.1 Å². The predicted octanol–water partition coefficient (Wildman–Crippen LogP) is 3.98. The number of nitrogens with zero attached hydrogens (tertiary/aromatic N) is 2. The Labute approximate surface area is 161 Å². The first-order valence-electron chi connectivity index (χ1n) is 8.14. The Hall–Kier alpha value is -3.12. The van der Waals surface area contributed by atoms with Crippen LogP contribution in [-0.2, 0) is 0 Å². The number of benzene rings is 2. The molecule has 1 aromatic heterocycles. The maximum Gasteiger partial charge on any atom is 0.271 e. The number of ether oxygens (including phenoxy) is 2. The smallest absolute Gasteiger partial charge is 0.271 e. The predicted molar refractivity (Wildman–Crippen MR) is 106 cm³/mol. The molecular formula is C20H18ClN3O3. The number of amides is 1. The third-order valence-corrected chi connectivity index (χ3v) is 4.31. The molecule has 1 N–H and O–H groups in total. The second kappa shape index (κ2) is 8.05. The summed E-state index contributed by atoms with van der Waals surface area (Å²) >= 11 is 6.24. The first kappa shape index (κ1) is 18.7. The molecule has 0 fully saturated rings. The second-order valence-corrected chi connectivity index (χ2v) is 6.17. The van der Waals surface area contributed by atoms with E-state index >= 15 is 0 Å². The Morgan fingerprint density at radius 1 is 1.15 bits per heavy atom. The van der Waals surface area contributed by atoms with Gasteiger partial charge in [-0.1, -0.05) is 29.8 Å². The molecule has 0 radical (unpaired) electrons. The number of carbonyl (C=O) groups is 1. The summed E-state index contributed by atoms with van der Waals surface area (Å²) in [5, 5.41) is 5.25. The first-order valence-corrected chi connectivity index (χ1v) is 8.52. The van der Waals surface area contributed by atoms with E-state index in [9.17, 15) is 4.79 Å². The molecule has 27 heavy (non-hydrogen) atoms. The maximum atomic E-state index is 12.3. The first-order chi connectivity index (χ1) is 13.0. The monoisotopic (exact) mass is 383 g/mol. The normalized spacial score (nSPS) is 11.0. The number of aromatic nitrogens is 1. The average Bonchev–Trinajstić information content (AvgIpc) is 2.68. The Morgan fingerprint density at radius 3 is 2.52 bits per heavy atom. The minimum atomic E-state index is -0.399. The van der Waals surface area contributed by atoms with Gasteiger partial charge in [-0.25, -0.2) is 10.4 Å². The molecule has 0 aliphatic carbocycles. The third kappa shape index (κ3) is 4.17. The molecule has 1 amide bonds. The fraction of sp³-hybridized carbons (Fsp3) is 0.150. The zero-order chi connectivity index (χ0) is 19.4. The molecule has 3 aromatic rings. The number of para-hydroxylation sites is 1. The number of nitrogens with one attached hydrogen (secondary N) is 1. The minimum Gasteiger partial charge on any atom is -0.497 e. The van der Waals surface area contributed by atoms with E-state index in [0.29, 0.717) is 27.8 Å². The van der Waals surface area contributed by atoms with E-state index in [-0.39, 0.29) is 0 Å². The standard InChI is InChI=1S/C20H18ClN3O3/c1-12-5-4-6-13-7-15(19(21)23-18(12)13)11-22-24-20(25)14-8-16(26-2)10-17(9-14)27-3/h4-11H,1-3H3,(H,24,25)/b22-11-. The van der Waals surface area contributed by atoms with Crippen molar-refractivity contribution in [2.24, 2.45) is 5.10 Å². The van der Waals surface area contributed by atoms with Crippen molar-refractivity contribution >= 4 is 34.6 Å². The van der Waals surface area contributed by atoms with Gasteiger partial charge in [0, 0.05) is 22.6 Å². The fourth-order valence-electron chi connectivity index (χ4n) is 2.59. The lowest BCUT2D eigenvalue weighted by Crippen LogP contribution is -2.17. The van der Waals surface area contributed by atoms with Crippen LogP contribution in [0.2, 0.25) is 5.15 Å². The van der Waals surface area contributed by atoms with Crippen LogP contribution in [0.15, 0.2) is 47.6 Å². The van der Waals surface area contributed by atoms with Crippen molar-refractivity contribution in [3.63, 3.8) is 0 Å². The highest BCUT2D eigenvalue weighted by Gasteiger charge is 2.10. The van der Waals surface area contributed by atoms with Crippen molar-refractivity contribution in [2.45, 2.75) is 6.92 Å². The van der Waals surface area contributed by atoms with Gasteiger partial charge >= 0.3 is 0 Å². The van der Waals surface area contributed by atoms with E-state index < -0.39 is 5.91 Å². The summed E-state index contributed by atoms with van der Waals surface area (Å²) in [6.45, 7) is 1.97. The van der Waals surface area contributed by atoms with Crippen molar-refractivity contribution in [3.05, 3.63) is 64.3 Å². The number of hydrogen-bond acceptors (Lipinski definition) is 5. The molecule has 0 unspecified atom stereocenters. The highest BCUT2D eigenvalue weighted by molar-refractivity contribution is 6.32. The second-order valence-electron chi connectivity index (χ2n) is 5.82. The zero-order valence-electron chi connectivity index (χ0n) is 15.1. The van der Waals surface area contributed by atoms with Crippen molar-refractivity contribution in [1.29, 1.82) is 0 Å². The van der Waals surface area contributed by atoms with E-state index in [0.717, 1.165) is 16.5 Å². The summed E-state index contributed by atoms with van der Waals surface area (Å²) in [5.74, 6) is 0.630. The van der Waals surface area contributed by atoms with Crippen LogP contribution >= 0.6 is 11.6 Å². The van der Waals surface area contributed by atoms with E-state index in [2.05, 4.69) is 15.5 Å². The number of carbonyl (C=O) groups excluding carboxylic acids is 1. The van der Waals surface area contributed by atoms with Crippen molar-refractivity contribution < 1.29 is 14.3 Å². The molecule has 0 aliphatic heterocycles. The molecule has 1 heterocycles. The summed E-state index contributed by atoms with van der Waals surface area (Å²) in [4.78, 5) is 16.7. The van der Waals surface area contributed by atoms with Crippen molar-refractivity contribution in [3.8, 4) is 11.5 Å². The minimum absolute atomic E-state index is 0.317. The van der Waals surface area contributed by atoms with E-state index in [1.165, 1.54) is 20.4 Å². The summed E-state index contributed by atoms with van der Waals surface area (Å²) in [6.07, 6.45) is 1.46. The third-order valence-electron chi connectivity index (χ3n) is 4.01. The van der Waals surface area contributed by atoms with Crippen molar-refractivity contribution in [1.82, 2.24) is 10.4 Å². The number of fused-ring (bicyclic) bond motifs is 1. The van der Waals surface area contributed by atoms with Crippen LogP contribution < -0.4 is 14.9 Å². The van der Waals surface area contributed by atoms with Gasteiger partial charge in [-0.05, 0) is 30.7 Å². The zero-order valence-corrected chi connectivity index (χ0v) is 15.9. The molecule has 138 valence electrons. The topological polar surface area (TPSA) is 72.8 Å². The SMILES string of the molecule is COc1cc(OC)cc(C(=O)N/N=C\c2cc3cccc(C)c3nc2Cl)c1. The van der Waals surface area contributed by atoms with E-state index in [1.807, 2.05) is 31.2 Å². The molecule has 0 aliphatic rings. The number of rotatable bonds is 5. The van der Waals surface area contributed by atoms with Gasteiger partial charge in [0.25, 0.3) is 5.91 Å². The number of hydrogen-bond donors (Lipinski definition) is 1.